The molecule has 0 radical (unpaired) electrons. The van der Waals surface area contributed by atoms with Gasteiger partial charge in [0.1, 0.15) is 5.69 Å². The predicted molar refractivity (Wildman–Crippen MR) is 80.2 cm³/mol. The van der Waals surface area contributed by atoms with E-state index in [-0.39, 0.29) is 17.8 Å². The molecular weight excluding hydrogens is 292 g/mol. The molecule has 4 N–H and O–H groups in total. The third-order valence-corrected chi connectivity index (χ3v) is 2.69. The summed E-state index contributed by atoms with van der Waals surface area (Å²) in [4.78, 5) is 29.1. The Balaban J connectivity index is 2.28. The van der Waals surface area contributed by atoms with Crippen LogP contribution in [0.2, 0.25) is 5.02 Å². The highest BCUT2D eigenvalue weighted by Gasteiger charge is 2.10. The molecule has 21 heavy (non-hydrogen) atoms. The molecule has 0 aliphatic rings. The van der Waals surface area contributed by atoms with Gasteiger partial charge in [-0.2, -0.15) is 0 Å². The van der Waals surface area contributed by atoms with Crippen molar-refractivity contribution in [3.63, 3.8) is 0 Å². The van der Waals surface area contributed by atoms with Gasteiger partial charge in [0, 0.05) is 16.8 Å². The quantitative estimate of drug-likeness (QED) is 0.720. The number of benzene rings is 1. The van der Waals surface area contributed by atoms with Crippen LogP contribution in [0.3, 0.4) is 0 Å². The molecule has 0 saturated heterocycles. The van der Waals surface area contributed by atoms with Crippen LogP contribution in [0.4, 0.5) is 5.69 Å². The second-order valence-electron chi connectivity index (χ2n) is 3.95. The van der Waals surface area contributed by atoms with Gasteiger partial charge in [-0.05, 0) is 18.2 Å². The number of aromatic amines is 1. The normalized spacial score (nSPS) is 9.62. The van der Waals surface area contributed by atoms with Gasteiger partial charge in [-0.15, -0.1) is 0 Å². The van der Waals surface area contributed by atoms with Crippen molar-refractivity contribution in [2.24, 2.45) is 5.73 Å². The number of carbonyl (C=O) groups excluding carboxylic acids is 1. The fourth-order valence-electron chi connectivity index (χ4n) is 1.53. The van der Waals surface area contributed by atoms with Gasteiger partial charge in [0.25, 0.3) is 11.5 Å². The Hall–Kier alpha value is -2.62. The van der Waals surface area contributed by atoms with Crippen LogP contribution in [0.1, 0.15) is 16.1 Å². The van der Waals surface area contributed by atoms with Gasteiger partial charge in [0.2, 0.25) is 0 Å². The molecule has 0 aliphatic heterocycles. The first-order valence-electron chi connectivity index (χ1n) is 5.94. The lowest BCUT2D eigenvalue weighted by molar-refractivity contribution is 0.102. The molecule has 0 atom stereocenters. The van der Waals surface area contributed by atoms with E-state index >= 15 is 0 Å². The van der Waals surface area contributed by atoms with E-state index in [1.807, 2.05) is 0 Å². The number of rotatable bonds is 2. The SMILES string of the molecule is NCC#Cc1cc(Cl)ccc1NC(=O)c1c[nH]c(=O)cn1. The maximum Gasteiger partial charge on any atom is 0.275 e. The van der Waals surface area contributed by atoms with Gasteiger partial charge in [-0.1, -0.05) is 23.4 Å². The summed E-state index contributed by atoms with van der Waals surface area (Å²) in [5.74, 6) is 5.06. The standard InChI is InChI=1S/C14H11ClN4O2/c15-10-3-4-11(9(6-10)2-1-5-16)19-14(21)12-7-18-13(20)8-17-12/h3-4,6-8H,5,16H2,(H,18,20)(H,19,21). The topological polar surface area (TPSA) is 101 Å². The van der Waals surface area contributed by atoms with E-state index in [1.54, 1.807) is 18.2 Å². The van der Waals surface area contributed by atoms with Crippen molar-refractivity contribution in [1.29, 1.82) is 0 Å². The Kier molecular flexibility index (Phi) is 4.72. The summed E-state index contributed by atoms with van der Waals surface area (Å²) in [6.07, 6.45) is 2.27. The summed E-state index contributed by atoms with van der Waals surface area (Å²) >= 11 is 5.90. The molecule has 0 bridgehead atoms. The number of amides is 1. The molecule has 106 valence electrons. The number of nitrogens with two attached hydrogens (primary N) is 1. The van der Waals surface area contributed by atoms with Crippen LogP contribution in [0.15, 0.2) is 35.4 Å². The minimum atomic E-state index is -0.468. The van der Waals surface area contributed by atoms with Crippen LogP contribution in [0, 0.1) is 11.8 Å². The Morgan fingerprint density at radius 1 is 1.48 bits per heavy atom. The Bertz CT molecular complexity index is 769. The zero-order valence-corrected chi connectivity index (χ0v) is 11.6. The Morgan fingerprint density at radius 3 is 2.95 bits per heavy atom. The fraction of sp³-hybridized carbons (Fsp3) is 0.0714. The van der Waals surface area contributed by atoms with Crippen molar-refractivity contribution in [2.75, 3.05) is 11.9 Å². The highest BCUT2D eigenvalue weighted by atomic mass is 35.5. The van der Waals surface area contributed by atoms with Gasteiger partial charge in [-0.3, -0.25) is 9.59 Å². The van der Waals surface area contributed by atoms with Crippen LogP contribution in [0.25, 0.3) is 0 Å². The maximum atomic E-state index is 12.0. The largest absolute Gasteiger partial charge is 0.325 e. The minimum Gasteiger partial charge on any atom is -0.325 e. The van der Waals surface area contributed by atoms with E-state index in [0.29, 0.717) is 16.3 Å². The summed E-state index contributed by atoms with van der Waals surface area (Å²) in [6.45, 7) is 0.196. The molecule has 0 unspecified atom stereocenters. The first kappa shape index (κ1) is 14.8. The van der Waals surface area contributed by atoms with Gasteiger partial charge in [-0.25, -0.2) is 4.98 Å². The van der Waals surface area contributed by atoms with Crippen LogP contribution in [-0.2, 0) is 0 Å². The molecule has 6 nitrogen and oxygen atoms in total. The first-order chi connectivity index (χ1) is 10.1. The average Bonchev–Trinajstić information content (AvgIpc) is 2.48. The summed E-state index contributed by atoms with van der Waals surface area (Å²) in [7, 11) is 0. The van der Waals surface area contributed by atoms with Crippen LogP contribution in [0.5, 0.6) is 0 Å². The van der Waals surface area contributed by atoms with Gasteiger partial charge < -0.3 is 16.0 Å². The van der Waals surface area contributed by atoms with Crippen molar-refractivity contribution in [2.45, 2.75) is 0 Å². The van der Waals surface area contributed by atoms with E-state index in [2.05, 4.69) is 27.1 Å². The van der Waals surface area contributed by atoms with Crippen LogP contribution >= 0.6 is 11.6 Å². The number of aromatic nitrogens is 2. The smallest absolute Gasteiger partial charge is 0.275 e. The predicted octanol–water partition coefficient (Wildman–Crippen LogP) is 0.986. The number of nitrogens with one attached hydrogen (secondary N) is 2. The lowest BCUT2D eigenvalue weighted by atomic mass is 10.1. The molecule has 0 saturated carbocycles. The van der Waals surface area contributed by atoms with Crippen molar-refractivity contribution in [3.05, 3.63) is 57.2 Å². The lowest BCUT2D eigenvalue weighted by Gasteiger charge is -2.07. The molecular formula is C14H11ClN4O2. The number of hydrogen-bond donors (Lipinski definition) is 3. The second kappa shape index (κ2) is 6.70. The van der Waals surface area contributed by atoms with Gasteiger partial charge in [0.05, 0.1) is 18.4 Å². The van der Waals surface area contributed by atoms with E-state index in [9.17, 15) is 9.59 Å². The molecule has 7 heteroatoms. The zero-order chi connectivity index (χ0) is 15.2. The van der Waals surface area contributed by atoms with Crippen molar-refractivity contribution < 1.29 is 4.79 Å². The Labute approximate surface area is 125 Å². The van der Waals surface area contributed by atoms with Crippen LogP contribution < -0.4 is 16.6 Å². The number of anilines is 1. The highest BCUT2D eigenvalue weighted by molar-refractivity contribution is 6.30. The lowest BCUT2D eigenvalue weighted by Crippen LogP contribution is -2.17. The molecule has 2 rings (SSSR count). The van der Waals surface area contributed by atoms with E-state index in [1.165, 1.54) is 6.20 Å². The summed E-state index contributed by atoms with van der Waals surface area (Å²) in [5.41, 5.74) is 6.07. The first-order valence-corrected chi connectivity index (χ1v) is 6.32. The molecule has 2 aromatic rings. The van der Waals surface area contributed by atoms with E-state index < -0.39 is 5.91 Å². The fourth-order valence-corrected chi connectivity index (χ4v) is 1.70. The average molecular weight is 303 g/mol. The van der Waals surface area contributed by atoms with Crippen molar-refractivity contribution >= 4 is 23.2 Å². The van der Waals surface area contributed by atoms with E-state index in [0.717, 1.165) is 6.20 Å². The van der Waals surface area contributed by atoms with Crippen molar-refractivity contribution in [3.8, 4) is 11.8 Å². The molecule has 1 heterocycles. The highest BCUT2D eigenvalue weighted by Crippen LogP contribution is 2.20. The van der Waals surface area contributed by atoms with Crippen molar-refractivity contribution in [1.82, 2.24) is 9.97 Å². The third-order valence-electron chi connectivity index (χ3n) is 2.46. The summed E-state index contributed by atoms with van der Waals surface area (Å²) < 4.78 is 0. The minimum absolute atomic E-state index is 0.0854. The number of carbonyl (C=O) groups is 1. The number of hydrogen-bond acceptors (Lipinski definition) is 4. The summed E-state index contributed by atoms with van der Waals surface area (Å²) in [6, 6.07) is 4.89. The number of nitrogens with zero attached hydrogens (tertiary/aromatic N) is 1. The van der Waals surface area contributed by atoms with E-state index in [4.69, 9.17) is 17.3 Å². The van der Waals surface area contributed by atoms with Gasteiger partial charge >= 0.3 is 0 Å². The summed E-state index contributed by atoms with van der Waals surface area (Å²) in [5, 5.41) is 3.15. The third kappa shape index (κ3) is 3.92. The number of H-pyrrole nitrogens is 1. The monoisotopic (exact) mass is 302 g/mol. The zero-order valence-electron chi connectivity index (χ0n) is 10.8. The Morgan fingerprint density at radius 2 is 2.29 bits per heavy atom. The van der Waals surface area contributed by atoms with Crippen LogP contribution in [-0.4, -0.2) is 22.4 Å². The number of halogens is 1. The van der Waals surface area contributed by atoms with Gasteiger partial charge in [0.15, 0.2) is 0 Å². The molecule has 0 aliphatic carbocycles. The molecule has 1 aromatic carbocycles. The molecule has 1 amide bonds. The molecule has 1 aromatic heterocycles. The molecule has 0 spiro atoms. The molecule has 0 fully saturated rings. The maximum absolute atomic E-state index is 12.0. The second-order valence-corrected chi connectivity index (χ2v) is 4.38.